The molecule has 0 aliphatic carbocycles. The number of aromatic carboxylic acids is 1. The molecule has 1 N–H and O–H groups in total. The van der Waals surface area contributed by atoms with Gasteiger partial charge in [-0.05, 0) is 11.6 Å². The molecule has 6 nitrogen and oxygen atoms in total. The second-order valence-corrected chi connectivity index (χ2v) is 4.56. The molecule has 0 saturated heterocycles. The van der Waals surface area contributed by atoms with Gasteiger partial charge in [0.1, 0.15) is 0 Å². The second kappa shape index (κ2) is 5.76. The van der Waals surface area contributed by atoms with Crippen molar-refractivity contribution in [3.8, 4) is 11.1 Å². The molecule has 0 heterocycles. The van der Waals surface area contributed by atoms with Gasteiger partial charge in [0.25, 0.3) is 5.69 Å². The van der Waals surface area contributed by atoms with Crippen LogP contribution in [0.1, 0.15) is 20.7 Å². The molecular weight excluding hydrogens is 294 g/mol. The highest BCUT2D eigenvalue weighted by Crippen LogP contribution is 2.35. The van der Waals surface area contributed by atoms with Crippen LogP contribution in [0.4, 0.5) is 5.69 Å². The van der Waals surface area contributed by atoms with Crippen LogP contribution in [0.25, 0.3) is 11.1 Å². The number of carboxylic acids is 1. The van der Waals surface area contributed by atoms with Crippen molar-refractivity contribution < 1.29 is 19.6 Å². The van der Waals surface area contributed by atoms with E-state index in [1.165, 1.54) is 0 Å². The highest BCUT2D eigenvalue weighted by molar-refractivity contribution is 7.97. The molecule has 21 heavy (non-hydrogen) atoms. The average molecular weight is 303 g/mol. The van der Waals surface area contributed by atoms with E-state index in [-0.39, 0.29) is 16.7 Å². The molecule has 0 atom stereocenters. The van der Waals surface area contributed by atoms with Crippen LogP contribution in [0.15, 0.2) is 42.5 Å². The topological polar surface area (TPSA) is 97.5 Å². The van der Waals surface area contributed by atoms with Gasteiger partial charge in [0, 0.05) is 11.6 Å². The van der Waals surface area contributed by atoms with Gasteiger partial charge in [0.05, 0.1) is 16.1 Å². The van der Waals surface area contributed by atoms with Gasteiger partial charge in [-0.15, -0.1) is 12.6 Å². The lowest BCUT2D eigenvalue weighted by molar-refractivity contribution is -0.384. The number of nitro benzene ring substituents is 1. The maximum absolute atomic E-state index is 11.4. The van der Waals surface area contributed by atoms with E-state index in [0.717, 1.165) is 12.1 Å². The standard InChI is InChI=1S/C14H9NO5S/c16-13(17)10-6-9(14(18)21)7-11(15(19)20)12(10)8-4-2-1-3-5-8/h1-7H,(H,16,17)(H,18,21). The first kappa shape index (κ1) is 14.7. The molecule has 0 spiro atoms. The Kier molecular flexibility index (Phi) is 4.04. The smallest absolute Gasteiger partial charge is 0.336 e. The van der Waals surface area contributed by atoms with Crippen LogP contribution < -0.4 is 0 Å². The minimum atomic E-state index is -1.35. The quantitative estimate of drug-likeness (QED) is 0.514. The number of rotatable bonds is 4. The van der Waals surface area contributed by atoms with Crippen LogP contribution in [0.3, 0.4) is 0 Å². The fraction of sp³-hybridized carbons (Fsp3) is 0. The number of carbonyl (C=O) groups is 2. The van der Waals surface area contributed by atoms with E-state index in [9.17, 15) is 24.8 Å². The molecular formula is C14H9NO5S. The Hall–Kier alpha value is -2.67. The summed E-state index contributed by atoms with van der Waals surface area (Å²) in [5.74, 6) is -1.35. The largest absolute Gasteiger partial charge is 0.478 e. The average Bonchev–Trinajstić information content (AvgIpc) is 2.46. The van der Waals surface area contributed by atoms with Crippen LogP contribution in [0.2, 0.25) is 0 Å². The van der Waals surface area contributed by atoms with Crippen molar-refractivity contribution in [2.75, 3.05) is 0 Å². The molecule has 0 aliphatic rings. The summed E-state index contributed by atoms with van der Waals surface area (Å²) in [6, 6.07) is 10.2. The van der Waals surface area contributed by atoms with Crippen molar-refractivity contribution in [1.29, 1.82) is 0 Å². The summed E-state index contributed by atoms with van der Waals surface area (Å²) in [6.45, 7) is 0. The summed E-state index contributed by atoms with van der Waals surface area (Å²) in [4.78, 5) is 33.2. The molecule has 0 aliphatic heterocycles. The zero-order valence-electron chi connectivity index (χ0n) is 10.5. The second-order valence-electron chi connectivity index (χ2n) is 4.15. The molecule has 0 saturated carbocycles. The first-order valence-corrected chi connectivity index (χ1v) is 6.21. The highest BCUT2D eigenvalue weighted by Gasteiger charge is 2.25. The van der Waals surface area contributed by atoms with Gasteiger partial charge in [-0.3, -0.25) is 14.9 Å². The number of hydrogen-bond acceptors (Lipinski definition) is 4. The van der Waals surface area contributed by atoms with Gasteiger partial charge in [0.15, 0.2) is 0 Å². The van der Waals surface area contributed by atoms with E-state index in [2.05, 4.69) is 12.6 Å². The third kappa shape index (κ3) is 2.92. The predicted molar refractivity (Wildman–Crippen MR) is 78.8 cm³/mol. The molecule has 0 bridgehead atoms. The number of carbonyl (C=O) groups excluding carboxylic acids is 1. The molecule has 0 aromatic heterocycles. The normalized spacial score (nSPS) is 10.1. The number of benzene rings is 2. The Balaban J connectivity index is 2.86. The summed E-state index contributed by atoms with van der Waals surface area (Å²) in [6.07, 6.45) is 0. The summed E-state index contributed by atoms with van der Waals surface area (Å²) in [7, 11) is 0. The fourth-order valence-electron chi connectivity index (χ4n) is 1.97. The lowest BCUT2D eigenvalue weighted by atomic mass is 9.95. The van der Waals surface area contributed by atoms with Gasteiger partial charge < -0.3 is 5.11 Å². The van der Waals surface area contributed by atoms with Crippen LogP contribution in [0, 0.1) is 10.1 Å². The van der Waals surface area contributed by atoms with Gasteiger partial charge >= 0.3 is 5.97 Å². The third-order valence-electron chi connectivity index (χ3n) is 2.85. The zero-order valence-corrected chi connectivity index (χ0v) is 11.4. The molecule has 2 rings (SSSR count). The van der Waals surface area contributed by atoms with E-state index >= 15 is 0 Å². The summed E-state index contributed by atoms with van der Waals surface area (Å²) < 4.78 is 0. The monoisotopic (exact) mass is 303 g/mol. The van der Waals surface area contributed by atoms with Crippen molar-refractivity contribution >= 4 is 29.4 Å². The lowest BCUT2D eigenvalue weighted by Gasteiger charge is -2.09. The molecule has 2 aromatic carbocycles. The Morgan fingerprint density at radius 1 is 1.14 bits per heavy atom. The zero-order chi connectivity index (χ0) is 15.6. The Labute approximate surface area is 124 Å². The minimum absolute atomic E-state index is 0.0357. The first-order chi connectivity index (χ1) is 9.91. The summed E-state index contributed by atoms with van der Waals surface area (Å²) >= 11 is 3.59. The SMILES string of the molecule is O=C(S)c1cc(C(=O)O)c(-c2ccccc2)c([N+](=O)[O-])c1. The Bertz CT molecular complexity index is 707. The van der Waals surface area contributed by atoms with E-state index in [0.29, 0.717) is 5.56 Å². The van der Waals surface area contributed by atoms with Gasteiger partial charge in [0.2, 0.25) is 5.12 Å². The Morgan fingerprint density at radius 2 is 1.76 bits per heavy atom. The predicted octanol–water partition coefficient (Wildman–Crippen LogP) is 3.03. The van der Waals surface area contributed by atoms with Crippen LogP contribution >= 0.6 is 12.6 Å². The number of nitro groups is 1. The molecule has 2 aromatic rings. The van der Waals surface area contributed by atoms with E-state index in [4.69, 9.17) is 0 Å². The highest BCUT2D eigenvalue weighted by atomic mass is 32.1. The van der Waals surface area contributed by atoms with Gasteiger partial charge in [-0.1, -0.05) is 30.3 Å². The van der Waals surface area contributed by atoms with E-state index in [1.54, 1.807) is 30.3 Å². The first-order valence-electron chi connectivity index (χ1n) is 5.76. The number of thiol groups is 1. The third-order valence-corrected chi connectivity index (χ3v) is 3.11. The minimum Gasteiger partial charge on any atom is -0.478 e. The van der Waals surface area contributed by atoms with Crippen LogP contribution in [-0.4, -0.2) is 21.1 Å². The maximum Gasteiger partial charge on any atom is 0.336 e. The van der Waals surface area contributed by atoms with E-state index in [1.807, 2.05) is 0 Å². The van der Waals surface area contributed by atoms with Crippen molar-refractivity contribution in [3.63, 3.8) is 0 Å². The van der Waals surface area contributed by atoms with Crippen molar-refractivity contribution in [1.82, 2.24) is 0 Å². The van der Waals surface area contributed by atoms with Crippen LogP contribution in [0.5, 0.6) is 0 Å². The summed E-state index contributed by atoms with van der Waals surface area (Å²) in [5.41, 5.74) is -0.542. The number of carboxylic acid groups (broad SMARTS) is 1. The van der Waals surface area contributed by atoms with Gasteiger partial charge in [-0.2, -0.15) is 0 Å². The lowest BCUT2D eigenvalue weighted by Crippen LogP contribution is -2.06. The fourth-order valence-corrected chi connectivity index (χ4v) is 2.10. The van der Waals surface area contributed by atoms with Gasteiger partial charge in [-0.25, -0.2) is 4.79 Å². The molecule has 0 fully saturated rings. The number of hydrogen-bond donors (Lipinski definition) is 2. The van der Waals surface area contributed by atoms with E-state index < -0.39 is 21.7 Å². The molecule has 0 radical (unpaired) electrons. The number of nitrogens with zero attached hydrogens (tertiary/aromatic N) is 1. The van der Waals surface area contributed by atoms with Crippen molar-refractivity contribution in [2.45, 2.75) is 0 Å². The molecule has 106 valence electrons. The van der Waals surface area contributed by atoms with Crippen molar-refractivity contribution in [2.24, 2.45) is 0 Å². The van der Waals surface area contributed by atoms with Crippen LogP contribution in [-0.2, 0) is 0 Å². The van der Waals surface area contributed by atoms with Crippen molar-refractivity contribution in [3.05, 3.63) is 63.7 Å². The molecule has 0 amide bonds. The summed E-state index contributed by atoms with van der Waals surface area (Å²) in [5, 5.41) is 19.8. The molecule has 7 heteroatoms. The Morgan fingerprint density at radius 3 is 2.24 bits per heavy atom. The maximum atomic E-state index is 11.4. The molecule has 0 unspecified atom stereocenters.